The van der Waals surface area contributed by atoms with Gasteiger partial charge in [0, 0.05) is 0 Å². The van der Waals surface area contributed by atoms with E-state index in [4.69, 9.17) is 0 Å². The zero-order valence-electron chi connectivity index (χ0n) is 10.7. The van der Waals surface area contributed by atoms with Crippen LogP contribution in [-0.4, -0.2) is 0 Å². The highest BCUT2D eigenvalue weighted by Gasteiger charge is 1.98. The van der Waals surface area contributed by atoms with Crippen LogP contribution in [0.1, 0.15) is 27.8 Å². The highest BCUT2D eigenvalue weighted by atomic mass is 14.0. The Hall–Kier alpha value is -1.82. The Labute approximate surface area is 104 Å². The average Bonchev–Trinajstić information content (AvgIpc) is 2.34. The summed E-state index contributed by atoms with van der Waals surface area (Å²) in [7, 11) is 0. The number of rotatable bonds is 2. The van der Waals surface area contributed by atoms with Crippen molar-refractivity contribution in [2.75, 3.05) is 0 Å². The molecule has 17 heavy (non-hydrogen) atoms. The van der Waals surface area contributed by atoms with Crippen molar-refractivity contribution >= 4 is 12.2 Å². The lowest BCUT2D eigenvalue weighted by atomic mass is 10.00. The van der Waals surface area contributed by atoms with Gasteiger partial charge in [0.25, 0.3) is 0 Å². The molecule has 0 unspecified atom stereocenters. The molecule has 0 heterocycles. The molecule has 0 spiro atoms. The number of benzene rings is 2. The first-order valence-electron chi connectivity index (χ1n) is 5.98. The molecule has 86 valence electrons. The highest BCUT2D eigenvalue weighted by molar-refractivity contribution is 5.70. The van der Waals surface area contributed by atoms with Crippen LogP contribution < -0.4 is 0 Å². The lowest BCUT2D eigenvalue weighted by Gasteiger charge is -2.06. The third-order valence-corrected chi connectivity index (χ3v) is 3.22. The Bertz CT molecular complexity index is 510. The first-order valence-corrected chi connectivity index (χ1v) is 5.98. The van der Waals surface area contributed by atoms with Gasteiger partial charge < -0.3 is 0 Å². The van der Waals surface area contributed by atoms with Gasteiger partial charge in [0.05, 0.1) is 0 Å². The zero-order valence-corrected chi connectivity index (χ0v) is 10.7. The summed E-state index contributed by atoms with van der Waals surface area (Å²) in [5, 5.41) is 0. The van der Waals surface area contributed by atoms with Gasteiger partial charge in [-0.3, -0.25) is 0 Å². The third-order valence-electron chi connectivity index (χ3n) is 3.22. The van der Waals surface area contributed by atoms with E-state index in [1.807, 2.05) is 6.07 Å². The largest absolute Gasteiger partial charge is 0.0622 e. The van der Waals surface area contributed by atoms with E-state index in [0.717, 1.165) is 0 Å². The van der Waals surface area contributed by atoms with Crippen molar-refractivity contribution in [3.8, 4) is 0 Å². The highest BCUT2D eigenvalue weighted by Crippen LogP contribution is 2.17. The molecule has 0 saturated heterocycles. The predicted octanol–water partition coefficient (Wildman–Crippen LogP) is 4.78. The van der Waals surface area contributed by atoms with Crippen LogP contribution in [0.5, 0.6) is 0 Å². The van der Waals surface area contributed by atoms with Crippen molar-refractivity contribution in [3.63, 3.8) is 0 Å². The Balaban J connectivity index is 2.28. The van der Waals surface area contributed by atoms with Crippen LogP contribution in [0, 0.1) is 20.8 Å². The van der Waals surface area contributed by atoms with Gasteiger partial charge in [-0.1, -0.05) is 54.6 Å². The first-order chi connectivity index (χ1) is 8.16. The molecule has 0 heteroatoms. The molecule has 0 aromatic heterocycles. The van der Waals surface area contributed by atoms with Crippen LogP contribution in [0.4, 0.5) is 0 Å². The van der Waals surface area contributed by atoms with Gasteiger partial charge >= 0.3 is 0 Å². The fourth-order valence-electron chi connectivity index (χ4n) is 1.92. The summed E-state index contributed by atoms with van der Waals surface area (Å²) in [6.45, 7) is 6.51. The standard InChI is InChI=1S/C17H18/c1-13-11-17(12-14(2)15(13)3)10-9-16-7-5-4-6-8-16/h4-12H,1-3H3. The second-order valence-corrected chi connectivity index (χ2v) is 4.52. The molecule has 0 saturated carbocycles. The molecule has 0 aliphatic carbocycles. The molecule has 0 N–H and O–H groups in total. The summed E-state index contributed by atoms with van der Waals surface area (Å²) in [6.07, 6.45) is 4.33. The molecule has 0 atom stereocenters. The SMILES string of the molecule is Cc1cc(C=Cc2ccccc2)cc(C)c1C. The van der Waals surface area contributed by atoms with E-state index < -0.39 is 0 Å². The Morgan fingerprint density at radius 1 is 0.706 bits per heavy atom. The number of hydrogen-bond acceptors (Lipinski definition) is 0. The number of aryl methyl sites for hydroxylation is 2. The van der Waals surface area contributed by atoms with Crippen molar-refractivity contribution < 1.29 is 0 Å². The molecule has 2 aromatic rings. The van der Waals surface area contributed by atoms with Gasteiger partial charge in [-0.25, -0.2) is 0 Å². The van der Waals surface area contributed by atoms with E-state index >= 15 is 0 Å². The molecule has 0 amide bonds. The van der Waals surface area contributed by atoms with Gasteiger partial charge in [-0.05, 0) is 48.6 Å². The fourth-order valence-corrected chi connectivity index (χ4v) is 1.92. The molecular weight excluding hydrogens is 204 g/mol. The maximum Gasteiger partial charge on any atom is -0.0251 e. The van der Waals surface area contributed by atoms with Crippen molar-refractivity contribution in [2.45, 2.75) is 20.8 Å². The van der Waals surface area contributed by atoms with Crippen LogP contribution in [0.3, 0.4) is 0 Å². The molecule has 2 rings (SSSR count). The van der Waals surface area contributed by atoms with Crippen LogP contribution >= 0.6 is 0 Å². The second-order valence-electron chi connectivity index (χ2n) is 4.52. The Kier molecular flexibility index (Phi) is 3.43. The topological polar surface area (TPSA) is 0 Å². The summed E-state index contributed by atoms with van der Waals surface area (Å²) < 4.78 is 0. The summed E-state index contributed by atoms with van der Waals surface area (Å²) >= 11 is 0. The maximum absolute atomic E-state index is 2.24. The van der Waals surface area contributed by atoms with E-state index in [9.17, 15) is 0 Å². The fraction of sp³-hybridized carbons (Fsp3) is 0.176. The zero-order chi connectivity index (χ0) is 12.3. The normalized spacial score (nSPS) is 11.0. The smallest absolute Gasteiger partial charge is 0.0251 e. The predicted molar refractivity (Wildman–Crippen MR) is 76.0 cm³/mol. The summed E-state index contributed by atoms with van der Waals surface area (Å²) in [5.74, 6) is 0. The van der Waals surface area contributed by atoms with E-state index in [0.29, 0.717) is 0 Å². The van der Waals surface area contributed by atoms with E-state index in [1.54, 1.807) is 0 Å². The molecule has 0 fully saturated rings. The molecule has 0 nitrogen and oxygen atoms in total. The Morgan fingerprint density at radius 3 is 1.82 bits per heavy atom. The molecule has 0 radical (unpaired) electrons. The van der Waals surface area contributed by atoms with Crippen molar-refractivity contribution in [2.24, 2.45) is 0 Å². The maximum atomic E-state index is 2.24. The van der Waals surface area contributed by atoms with E-state index in [-0.39, 0.29) is 0 Å². The minimum Gasteiger partial charge on any atom is -0.0622 e. The van der Waals surface area contributed by atoms with E-state index in [2.05, 4.69) is 69.3 Å². The molecule has 0 bridgehead atoms. The minimum atomic E-state index is 1.24. The lowest BCUT2D eigenvalue weighted by Crippen LogP contribution is -1.87. The quantitative estimate of drug-likeness (QED) is 0.641. The van der Waals surface area contributed by atoms with Gasteiger partial charge in [0.2, 0.25) is 0 Å². The van der Waals surface area contributed by atoms with Gasteiger partial charge in [0.15, 0.2) is 0 Å². The summed E-state index contributed by atoms with van der Waals surface area (Å²) in [4.78, 5) is 0. The first kappa shape index (κ1) is 11.7. The second kappa shape index (κ2) is 5.01. The van der Waals surface area contributed by atoms with Crippen LogP contribution in [0.15, 0.2) is 42.5 Å². The van der Waals surface area contributed by atoms with Crippen LogP contribution in [0.25, 0.3) is 12.2 Å². The van der Waals surface area contributed by atoms with Gasteiger partial charge in [-0.2, -0.15) is 0 Å². The summed E-state index contributed by atoms with van der Waals surface area (Å²) in [6, 6.07) is 14.9. The van der Waals surface area contributed by atoms with Crippen LogP contribution in [-0.2, 0) is 0 Å². The molecular formula is C17H18. The van der Waals surface area contributed by atoms with Gasteiger partial charge in [-0.15, -0.1) is 0 Å². The van der Waals surface area contributed by atoms with Crippen molar-refractivity contribution in [1.82, 2.24) is 0 Å². The van der Waals surface area contributed by atoms with Crippen molar-refractivity contribution in [3.05, 3.63) is 70.3 Å². The monoisotopic (exact) mass is 222 g/mol. The average molecular weight is 222 g/mol. The van der Waals surface area contributed by atoms with E-state index in [1.165, 1.54) is 27.8 Å². The third kappa shape index (κ3) is 2.85. The lowest BCUT2D eigenvalue weighted by molar-refractivity contribution is 1.26. The molecule has 0 aliphatic rings. The number of hydrogen-bond donors (Lipinski definition) is 0. The van der Waals surface area contributed by atoms with Crippen molar-refractivity contribution in [1.29, 1.82) is 0 Å². The summed E-state index contributed by atoms with van der Waals surface area (Å²) in [5.41, 5.74) is 6.62. The minimum absolute atomic E-state index is 1.24. The van der Waals surface area contributed by atoms with Gasteiger partial charge in [0.1, 0.15) is 0 Å². The molecule has 0 aliphatic heterocycles. The van der Waals surface area contributed by atoms with Crippen LogP contribution in [0.2, 0.25) is 0 Å². The Morgan fingerprint density at radius 2 is 1.24 bits per heavy atom. The molecule has 2 aromatic carbocycles.